The van der Waals surface area contributed by atoms with Gasteiger partial charge in [0, 0.05) is 19.1 Å². The number of hydrogen-bond acceptors (Lipinski definition) is 3. The number of anilines is 1. The second-order valence-electron chi connectivity index (χ2n) is 5.89. The molecule has 3 nitrogen and oxygen atoms in total. The van der Waals surface area contributed by atoms with Crippen LogP contribution in [0, 0.1) is 11.6 Å². The summed E-state index contributed by atoms with van der Waals surface area (Å²) in [5.41, 5.74) is 0.766. The fourth-order valence-electron chi connectivity index (χ4n) is 2.83. The van der Waals surface area contributed by atoms with Crippen molar-refractivity contribution in [3.8, 4) is 0 Å². The van der Waals surface area contributed by atoms with Crippen molar-refractivity contribution >= 4 is 5.69 Å². The first kappa shape index (κ1) is 14.7. The van der Waals surface area contributed by atoms with Gasteiger partial charge in [-0.2, -0.15) is 0 Å². The van der Waals surface area contributed by atoms with E-state index in [0.29, 0.717) is 37.9 Å². The fraction of sp³-hybridized carbons (Fsp3) is 0.625. The minimum Gasteiger partial charge on any atom is -0.377 e. The zero-order chi connectivity index (χ0) is 14.8. The topological polar surface area (TPSA) is 24.5 Å². The first-order chi connectivity index (χ1) is 10.2. The summed E-state index contributed by atoms with van der Waals surface area (Å²) in [4.78, 5) is 1.81. The number of hydrogen-bond donors (Lipinski definition) is 1. The van der Waals surface area contributed by atoms with Gasteiger partial charge in [-0.05, 0) is 37.0 Å². The molecule has 1 atom stereocenters. The van der Waals surface area contributed by atoms with Crippen molar-refractivity contribution in [1.29, 1.82) is 0 Å². The molecular weight excluding hydrogens is 274 g/mol. The van der Waals surface area contributed by atoms with Crippen LogP contribution < -0.4 is 10.2 Å². The number of halogens is 2. The van der Waals surface area contributed by atoms with Crippen LogP contribution in [-0.4, -0.2) is 31.8 Å². The maximum Gasteiger partial charge on any atom is 0.149 e. The highest BCUT2D eigenvalue weighted by Gasteiger charge is 2.27. The molecule has 1 aliphatic heterocycles. The van der Waals surface area contributed by atoms with Crippen LogP contribution in [0.2, 0.25) is 0 Å². The molecule has 1 saturated carbocycles. The summed E-state index contributed by atoms with van der Waals surface area (Å²) in [7, 11) is 0. The van der Waals surface area contributed by atoms with Gasteiger partial charge in [0.15, 0.2) is 0 Å². The van der Waals surface area contributed by atoms with E-state index in [1.165, 1.54) is 12.1 Å². The third kappa shape index (κ3) is 3.35. The highest BCUT2D eigenvalue weighted by molar-refractivity contribution is 5.52. The van der Waals surface area contributed by atoms with Gasteiger partial charge in [-0.3, -0.25) is 0 Å². The molecule has 2 fully saturated rings. The number of benzene rings is 1. The molecule has 0 amide bonds. The summed E-state index contributed by atoms with van der Waals surface area (Å²) in [6.45, 7) is 4.11. The fourth-order valence-corrected chi connectivity index (χ4v) is 2.83. The minimum atomic E-state index is -0.469. The zero-order valence-corrected chi connectivity index (χ0v) is 12.4. The van der Waals surface area contributed by atoms with Crippen LogP contribution in [0.1, 0.15) is 31.7 Å². The number of morpholine rings is 1. The highest BCUT2D eigenvalue weighted by atomic mass is 19.1. The molecule has 3 rings (SSSR count). The Hall–Kier alpha value is -1.20. The van der Waals surface area contributed by atoms with Crippen LogP contribution in [0.3, 0.4) is 0 Å². The maximum absolute atomic E-state index is 14.4. The Kier molecular flexibility index (Phi) is 4.40. The van der Waals surface area contributed by atoms with Crippen LogP contribution in [0.4, 0.5) is 14.5 Å². The lowest BCUT2D eigenvalue weighted by Gasteiger charge is -2.37. The maximum atomic E-state index is 14.4. The van der Waals surface area contributed by atoms with Gasteiger partial charge in [0.25, 0.3) is 0 Å². The Morgan fingerprint density at radius 1 is 1.29 bits per heavy atom. The Balaban J connectivity index is 1.80. The van der Waals surface area contributed by atoms with Crippen molar-refractivity contribution in [2.75, 3.05) is 24.7 Å². The van der Waals surface area contributed by atoms with Crippen molar-refractivity contribution < 1.29 is 13.5 Å². The van der Waals surface area contributed by atoms with Gasteiger partial charge in [-0.15, -0.1) is 0 Å². The van der Waals surface area contributed by atoms with E-state index in [-0.39, 0.29) is 11.7 Å². The van der Waals surface area contributed by atoms with E-state index in [9.17, 15) is 8.78 Å². The third-order valence-corrected chi connectivity index (χ3v) is 4.23. The predicted octanol–water partition coefficient (Wildman–Crippen LogP) is 2.83. The summed E-state index contributed by atoms with van der Waals surface area (Å²) in [6.07, 6.45) is 3.13. The van der Waals surface area contributed by atoms with Crippen LogP contribution >= 0.6 is 0 Å². The van der Waals surface area contributed by atoms with Gasteiger partial charge in [0.05, 0.1) is 19.3 Å². The Bertz CT molecular complexity index is 482. The molecule has 1 N–H and O–H groups in total. The molecule has 2 aliphatic rings. The van der Waals surface area contributed by atoms with E-state index in [0.717, 1.165) is 19.3 Å². The summed E-state index contributed by atoms with van der Waals surface area (Å²) < 4.78 is 34.2. The molecule has 1 aromatic carbocycles. The summed E-state index contributed by atoms with van der Waals surface area (Å²) in [6, 6.07) is 3.48. The SMILES string of the molecule is CCC1COCCN1c1c(F)cc(CNC2CC2)cc1F. The molecular formula is C16H22F2N2O. The van der Waals surface area contributed by atoms with Crippen molar-refractivity contribution in [3.05, 3.63) is 29.3 Å². The molecule has 0 aromatic heterocycles. The second-order valence-corrected chi connectivity index (χ2v) is 5.89. The Morgan fingerprint density at radius 3 is 2.62 bits per heavy atom. The van der Waals surface area contributed by atoms with E-state index in [2.05, 4.69) is 5.32 Å². The van der Waals surface area contributed by atoms with E-state index >= 15 is 0 Å². The van der Waals surface area contributed by atoms with Crippen LogP contribution in [0.25, 0.3) is 0 Å². The van der Waals surface area contributed by atoms with Crippen LogP contribution in [0.5, 0.6) is 0 Å². The first-order valence-electron chi connectivity index (χ1n) is 7.74. The van der Waals surface area contributed by atoms with Crippen LogP contribution in [0.15, 0.2) is 12.1 Å². The van der Waals surface area contributed by atoms with Gasteiger partial charge in [0.2, 0.25) is 0 Å². The van der Waals surface area contributed by atoms with E-state index in [4.69, 9.17) is 4.74 Å². The molecule has 1 unspecified atom stereocenters. The first-order valence-corrected chi connectivity index (χ1v) is 7.74. The average molecular weight is 296 g/mol. The largest absolute Gasteiger partial charge is 0.377 e. The van der Waals surface area contributed by atoms with Gasteiger partial charge < -0.3 is 15.0 Å². The zero-order valence-electron chi connectivity index (χ0n) is 12.4. The smallest absolute Gasteiger partial charge is 0.149 e. The number of nitrogens with one attached hydrogen (secondary N) is 1. The average Bonchev–Trinajstić information content (AvgIpc) is 3.29. The molecule has 21 heavy (non-hydrogen) atoms. The summed E-state index contributed by atoms with van der Waals surface area (Å²) in [5, 5.41) is 3.28. The summed E-state index contributed by atoms with van der Waals surface area (Å²) in [5.74, 6) is -0.939. The summed E-state index contributed by atoms with van der Waals surface area (Å²) >= 11 is 0. The van der Waals surface area contributed by atoms with Crippen molar-refractivity contribution in [2.24, 2.45) is 0 Å². The van der Waals surface area contributed by atoms with Crippen molar-refractivity contribution in [3.63, 3.8) is 0 Å². The number of ether oxygens (including phenoxy) is 1. The number of rotatable bonds is 5. The van der Waals surface area contributed by atoms with E-state index in [1.54, 1.807) is 0 Å². The lowest BCUT2D eigenvalue weighted by Crippen LogP contribution is -2.46. The van der Waals surface area contributed by atoms with Crippen LogP contribution in [-0.2, 0) is 11.3 Å². The molecule has 5 heteroatoms. The number of nitrogens with zero attached hydrogens (tertiary/aromatic N) is 1. The Labute approximate surface area is 124 Å². The molecule has 0 radical (unpaired) electrons. The predicted molar refractivity (Wildman–Crippen MR) is 78.5 cm³/mol. The monoisotopic (exact) mass is 296 g/mol. The molecule has 116 valence electrons. The normalized spacial score (nSPS) is 22.6. The van der Waals surface area contributed by atoms with Gasteiger partial charge in [-0.1, -0.05) is 6.92 Å². The van der Waals surface area contributed by atoms with Gasteiger partial charge >= 0.3 is 0 Å². The standard InChI is InChI=1S/C16H22F2N2O/c1-2-13-10-21-6-5-20(13)16-14(17)7-11(8-15(16)18)9-19-12-3-4-12/h7-8,12-13,19H,2-6,9-10H2,1H3. The Morgan fingerprint density at radius 2 is 2.00 bits per heavy atom. The molecule has 1 aliphatic carbocycles. The lowest BCUT2D eigenvalue weighted by molar-refractivity contribution is 0.0922. The molecule has 0 bridgehead atoms. The quantitative estimate of drug-likeness (QED) is 0.904. The molecule has 1 heterocycles. The van der Waals surface area contributed by atoms with Crippen molar-refractivity contribution in [1.82, 2.24) is 5.32 Å². The highest BCUT2D eigenvalue weighted by Crippen LogP contribution is 2.29. The lowest BCUT2D eigenvalue weighted by atomic mass is 10.1. The van der Waals surface area contributed by atoms with E-state index in [1.807, 2.05) is 11.8 Å². The minimum absolute atomic E-state index is 0.0400. The second kappa shape index (κ2) is 6.28. The third-order valence-electron chi connectivity index (χ3n) is 4.23. The van der Waals surface area contributed by atoms with E-state index < -0.39 is 11.6 Å². The molecule has 1 aromatic rings. The molecule has 0 spiro atoms. The van der Waals surface area contributed by atoms with Gasteiger partial charge in [-0.25, -0.2) is 8.78 Å². The van der Waals surface area contributed by atoms with Crippen molar-refractivity contribution in [2.45, 2.75) is 44.8 Å². The molecule has 1 saturated heterocycles. The van der Waals surface area contributed by atoms with Gasteiger partial charge in [0.1, 0.15) is 17.3 Å².